The molecular weight excluding hydrogens is 366 g/mol. The van der Waals surface area contributed by atoms with E-state index < -0.39 is 5.97 Å². The van der Waals surface area contributed by atoms with Gasteiger partial charge in [0.2, 0.25) is 0 Å². The third kappa shape index (κ3) is 4.36. The lowest BCUT2D eigenvalue weighted by molar-refractivity contribution is -0.118. The zero-order valence-corrected chi connectivity index (χ0v) is 16.1. The van der Waals surface area contributed by atoms with Gasteiger partial charge in [-0.25, -0.2) is 4.79 Å². The number of methoxy groups -OCH3 is 1. The van der Waals surface area contributed by atoms with Crippen molar-refractivity contribution in [2.45, 2.75) is 26.2 Å². The van der Waals surface area contributed by atoms with E-state index in [-0.39, 0.29) is 12.5 Å². The molecule has 0 spiro atoms. The number of fused-ring (bicyclic) bond motifs is 1. The molecule has 7 heteroatoms. The van der Waals surface area contributed by atoms with Crippen molar-refractivity contribution in [1.29, 1.82) is 0 Å². The summed E-state index contributed by atoms with van der Waals surface area (Å²) in [5, 5.41) is 3.31. The Kier molecular flexibility index (Phi) is 5.91. The van der Waals surface area contributed by atoms with Gasteiger partial charge in [0.15, 0.2) is 6.61 Å². The van der Waals surface area contributed by atoms with Gasteiger partial charge in [-0.2, -0.15) is 0 Å². The van der Waals surface area contributed by atoms with Crippen LogP contribution in [0.4, 0.5) is 5.00 Å². The van der Waals surface area contributed by atoms with E-state index in [9.17, 15) is 14.4 Å². The van der Waals surface area contributed by atoms with Gasteiger partial charge in [0.1, 0.15) is 17.0 Å². The summed E-state index contributed by atoms with van der Waals surface area (Å²) in [6.07, 6.45) is 3.47. The van der Waals surface area contributed by atoms with Crippen molar-refractivity contribution in [3.63, 3.8) is 0 Å². The van der Waals surface area contributed by atoms with Crippen molar-refractivity contribution in [1.82, 2.24) is 0 Å². The number of hydrogen-bond donors (Lipinski definition) is 1. The van der Waals surface area contributed by atoms with Crippen molar-refractivity contribution >= 4 is 34.5 Å². The van der Waals surface area contributed by atoms with Crippen LogP contribution in [0.15, 0.2) is 24.3 Å². The second-order valence-corrected chi connectivity index (χ2v) is 7.68. The Morgan fingerprint density at radius 3 is 2.70 bits per heavy atom. The quantitative estimate of drug-likeness (QED) is 0.606. The molecule has 2 aromatic rings. The number of aldehydes is 1. The number of benzene rings is 1. The minimum absolute atomic E-state index is 0.194. The molecule has 0 saturated carbocycles. The summed E-state index contributed by atoms with van der Waals surface area (Å²) in [6.45, 7) is 1.99. The lowest BCUT2D eigenvalue weighted by Gasteiger charge is -2.18. The Hall–Kier alpha value is -2.67. The number of amides is 1. The van der Waals surface area contributed by atoms with E-state index in [1.807, 2.05) is 0 Å². The van der Waals surface area contributed by atoms with Crippen LogP contribution in [0.25, 0.3) is 0 Å². The Bertz CT molecular complexity index is 856. The zero-order valence-electron chi connectivity index (χ0n) is 15.2. The van der Waals surface area contributed by atoms with E-state index in [1.165, 1.54) is 18.4 Å². The van der Waals surface area contributed by atoms with E-state index in [0.717, 1.165) is 36.0 Å². The van der Waals surface area contributed by atoms with E-state index >= 15 is 0 Å². The second kappa shape index (κ2) is 8.35. The van der Waals surface area contributed by atoms with E-state index in [4.69, 9.17) is 9.47 Å². The molecule has 142 valence electrons. The van der Waals surface area contributed by atoms with Gasteiger partial charge >= 0.3 is 5.97 Å². The molecule has 3 rings (SSSR count). The highest BCUT2D eigenvalue weighted by atomic mass is 32.1. The average molecular weight is 387 g/mol. The highest BCUT2D eigenvalue weighted by Crippen LogP contribution is 2.40. The largest absolute Gasteiger partial charge is 0.484 e. The molecule has 1 unspecified atom stereocenters. The van der Waals surface area contributed by atoms with Crippen LogP contribution >= 0.6 is 11.3 Å². The number of esters is 1. The topological polar surface area (TPSA) is 81.7 Å². The number of nitrogens with one attached hydrogen (secondary N) is 1. The molecule has 1 aromatic heterocycles. The molecular formula is C20H21NO5S. The van der Waals surface area contributed by atoms with E-state index in [1.54, 1.807) is 24.3 Å². The van der Waals surface area contributed by atoms with Crippen molar-refractivity contribution < 1.29 is 23.9 Å². The molecule has 0 radical (unpaired) electrons. The van der Waals surface area contributed by atoms with Crippen LogP contribution in [0.2, 0.25) is 0 Å². The third-order valence-corrected chi connectivity index (χ3v) is 5.71. The number of hydrogen-bond acceptors (Lipinski definition) is 6. The molecule has 27 heavy (non-hydrogen) atoms. The van der Waals surface area contributed by atoms with E-state index in [0.29, 0.717) is 27.8 Å². The average Bonchev–Trinajstić information content (AvgIpc) is 3.02. The van der Waals surface area contributed by atoms with Gasteiger partial charge in [-0.3, -0.25) is 9.59 Å². The normalized spacial score (nSPS) is 15.6. The zero-order chi connectivity index (χ0) is 19.4. The molecule has 0 aliphatic heterocycles. The minimum Gasteiger partial charge on any atom is -0.484 e. The highest BCUT2D eigenvalue weighted by Gasteiger charge is 2.28. The number of rotatable bonds is 6. The summed E-state index contributed by atoms with van der Waals surface area (Å²) in [6, 6.07) is 6.48. The molecule has 1 aliphatic rings. The van der Waals surface area contributed by atoms with Gasteiger partial charge in [-0.05, 0) is 55.0 Å². The van der Waals surface area contributed by atoms with Crippen molar-refractivity contribution in [2.75, 3.05) is 19.0 Å². The van der Waals surface area contributed by atoms with Crippen LogP contribution in [-0.2, 0) is 22.4 Å². The standard InChI is InChI=1S/C20H21NO5S/c1-12-3-8-15-16(9-12)27-19(18(15)20(24)25-2)21-17(23)11-26-14-6-4-13(10-22)5-7-14/h4-7,10,12H,3,8-9,11H2,1-2H3,(H,21,23). The molecule has 1 heterocycles. The lowest BCUT2D eigenvalue weighted by Crippen LogP contribution is -2.21. The fraction of sp³-hybridized carbons (Fsp3) is 0.350. The summed E-state index contributed by atoms with van der Waals surface area (Å²) in [5.41, 5.74) is 1.99. The van der Waals surface area contributed by atoms with Crippen LogP contribution in [0.1, 0.15) is 44.5 Å². The SMILES string of the molecule is COC(=O)c1c(NC(=O)COc2ccc(C=O)cc2)sc2c1CCC(C)C2. The van der Waals surface area contributed by atoms with Crippen molar-refractivity contribution in [2.24, 2.45) is 5.92 Å². The summed E-state index contributed by atoms with van der Waals surface area (Å²) in [4.78, 5) is 36.4. The van der Waals surface area contributed by atoms with Crippen LogP contribution < -0.4 is 10.1 Å². The first-order valence-corrected chi connectivity index (χ1v) is 9.54. The maximum atomic E-state index is 12.3. The Balaban J connectivity index is 1.71. The number of ether oxygens (including phenoxy) is 2. The molecule has 1 atom stereocenters. The van der Waals surface area contributed by atoms with Crippen LogP contribution in [0, 0.1) is 5.92 Å². The Labute approximate surface area is 161 Å². The summed E-state index contributed by atoms with van der Waals surface area (Å²) in [7, 11) is 1.34. The molecule has 0 fully saturated rings. The molecule has 1 aliphatic carbocycles. The monoisotopic (exact) mass is 387 g/mol. The third-order valence-electron chi connectivity index (χ3n) is 4.54. The Morgan fingerprint density at radius 1 is 1.30 bits per heavy atom. The first-order chi connectivity index (χ1) is 13.0. The Morgan fingerprint density at radius 2 is 2.04 bits per heavy atom. The second-order valence-electron chi connectivity index (χ2n) is 6.57. The summed E-state index contributed by atoms with van der Waals surface area (Å²) in [5.74, 6) is 0.264. The maximum absolute atomic E-state index is 12.3. The van der Waals surface area contributed by atoms with Crippen LogP contribution in [-0.4, -0.2) is 31.9 Å². The lowest BCUT2D eigenvalue weighted by atomic mass is 9.88. The molecule has 1 amide bonds. The van der Waals surface area contributed by atoms with Gasteiger partial charge in [0, 0.05) is 10.4 Å². The number of anilines is 1. The van der Waals surface area contributed by atoms with Crippen molar-refractivity contribution in [3.05, 3.63) is 45.8 Å². The summed E-state index contributed by atoms with van der Waals surface area (Å²) >= 11 is 1.44. The smallest absolute Gasteiger partial charge is 0.341 e. The van der Waals surface area contributed by atoms with Gasteiger partial charge in [-0.1, -0.05) is 6.92 Å². The molecule has 0 saturated heterocycles. The molecule has 0 bridgehead atoms. The predicted molar refractivity (Wildman–Crippen MR) is 103 cm³/mol. The molecule has 1 N–H and O–H groups in total. The van der Waals surface area contributed by atoms with Crippen molar-refractivity contribution in [3.8, 4) is 5.75 Å². The summed E-state index contributed by atoms with van der Waals surface area (Å²) < 4.78 is 10.4. The van der Waals surface area contributed by atoms with Gasteiger partial charge in [-0.15, -0.1) is 11.3 Å². The van der Waals surface area contributed by atoms with Crippen LogP contribution in [0.3, 0.4) is 0 Å². The van der Waals surface area contributed by atoms with Gasteiger partial charge < -0.3 is 14.8 Å². The highest BCUT2D eigenvalue weighted by molar-refractivity contribution is 7.17. The fourth-order valence-corrected chi connectivity index (χ4v) is 4.53. The first-order valence-electron chi connectivity index (χ1n) is 8.72. The van der Waals surface area contributed by atoms with E-state index in [2.05, 4.69) is 12.2 Å². The maximum Gasteiger partial charge on any atom is 0.341 e. The minimum atomic E-state index is -0.428. The molecule has 6 nitrogen and oxygen atoms in total. The van der Waals surface area contributed by atoms with Gasteiger partial charge in [0.25, 0.3) is 5.91 Å². The van der Waals surface area contributed by atoms with Crippen LogP contribution in [0.5, 0.6) is 5.75 Å². The predicted octanol–water partition coefficient (Wildman–Crippen LogP) is 3.49. The van der Waals surface area contributed by atoms with Gasteiger partial charge in [0.05, 0.1) is 12.7 Å². The number of carbonyl (C=O) groups excluding carboxylic acids is 3. The number of carbonyl (C=O) groups is 3. The fourth-order valence-electron chi connectivity index (χ4n) is 3.11. The number of thiophene rings is 1. The molecule has 1 aromatic carbocycles. The first kappa shape index (κ1) is 19.1.